The van der Waals surface area contributed by atoms with Crippen molar-refractivity contribution in [3.05, 3.63) is 84.2 Å². The Bertz CT molecular complexity index is 1230. The van der Waals surface area contributed by atoms with Gasteiger partial charge in [-0.2, -0.15) is 0 Å². The Morgan fingerprint density at radius 1 is 0.871 bits per heavy atom. The van der Waals surface area contributed by atoms with Crippen LogP contribution in [0.4, 0.5) is 15.8 Å². The molecule has 4 rings (SSSR count). The van der Waals surface area contributed by atoms with E-state index in [9.17, 15) is 14.0 Å². The van der Waals surface area contributed by atoms with Crippen molar-refractivity contribution in [3.8, 4) is 11.3 Å². The Morgan fingerprint density at radius 2 is 1.52 bits per heavy atom. The molecule has 1 heterocycles. The van der Waals surface area contributed by atoms with Crippen molar-refractivity contribution in [3.63, 3.8) is 0 Å². The number of para-hydroxylation sites is 1. The van der Waals surface area contributed by atoms with Crippen LogP contribution in [0, 0.1) is 5.82 Å². The fraction of sp³-hybridized carbons (Fsp3) is 0.120. The Balaban J connectivity index is 1.50. The van der Waals surface area contributed by atoms with Gasteiger partial charge in [-0.25, -0.2) is 4.39 Å². The molecule has 3 aromatic carbocycles. The fourth-order valence-electron chi connectivity index (χ4n) is 3.62. The van der Waals surface area contributed by atoms with E-state index >= 15 is 0 Å². The zero-order valence-corrected chi connectivity index (χ0v) is 17.0. The molecule has 0 atom stereocenters. The van der Waals surface area contributed by atoms with Crippen LogP contribution in [0.25, 0.3) is 22.2 Å². The predicted octanol–water partition coefficient (Wildman–Crippen LogP) is 5.50. The lowest BCUT2D eigenvalue weighted by Crippen LogP contribution is -2.12. The molecule has 3 N–H and O–H groups in total. The first-order chi connectivity index (χ1) is 15.0. The molecule has 0 bridgehead atoms. The molecular weight excluding hydrogens is 393 g/mol. The standard InChI is InChI=1S/C25H22FN3O2/c1-16(30)27-19-10-12-20(13-11-19)28-24(31)15-14-22-21-4-2-3-5-23(21)29-25(22)17-6-8-18(26)9-7-17/h2-13,29H,14-15H2,1H3,(H,27,30)(H,28,31). The SMILES string of the molecule is CC(=O)Nc1ccc(NC(=O)CCc2c(-c3ccc(F)cc3)[nH]c3ccccc23)cc1. The highest BCUT2D eigenvalue weighted by Gasteiger charge is 2.14. The molecule has 6 heteroatoms. The number of aryl methyl sites for hydroxylation is 1. The second kappa shape index (κ2) is 8.83. The lowest BCUT2D eigenvalue weighted by atomic mass is 10.0. The fourth-order valence-corrected chi connectivity index (χ4v) is 3.62. The van der Waals surface area contributed by atoms with Gasteiger partial charge >= 0.3 is 0 Å². The van der Waals surface area contributed by atoms with Gasteiger partial charge < -0.3 is 15.6 Å². The summed E-state index contributed by atoms with van der Waals surface area (Å²) < 4.78 is 13.4. The number of aromatic nitrogens is 1. The number of aromatic amines is 1. The number of amides is 2. The van der Waals surface area contributed by atoms with Gasteiger partial charge in [0.1, 0.15) is 5.82 Å². The smallest absolute Gasteiger partial charge is 0.224 e. The summed E-state index contributed by atoms with van der Waals surface area (Å²) in [5, 5.41) is 6.63. The molecule has 1 aromatic heterocycles. The molecule has 0 saturated heterocycles. The van der Waals surface area contributed by atoms with Gasteiger partial charge in [0.25, 0.3) is 0 Å². The maximum Gasteiger partial charge on any atom is 0.224 e. The molecule has 0 radical (unpaired) electrons. The van der Waals surface area contributed by atoms with Crippen LogP contribution in [0.15, 0.2) is 72.8 Å². The summed E-state index contributed by atoms with van der Waals surface area (Å²) in [5.41, 5.74) is 5.12. The summed E-state index contributed by atoms with van der Waals surface area (Å²) >= 11 is 0. The molecule has 0 saturated carbocycles. The number of carbonyl (C=O) groups is 2. The molecule has 0 aliphatic carbocycles. The van der Waals surface area contributed by atoms with Gasteiger partial charge in [-0.1, -0.05) is 18.2 Å². The van der Waals surface area contributed by atoms with Crippen molar-refractivity contribution in [1.82, 2.24) is 4.98 Å². The van der Waals surface area contributed by atoms with Gasteiger partial charge in [0, 0.05) is 41.3 Å². The third kappa shape index (κ3) is 4.80. The number of benzene rings is 3. The molecule has 0 aliphatic heterocycles. The number of hydrogen-bond donors (Lipinski definition) is 3. The van der Waals surface area contributed by atoms with Crippen LogP contribution in [0.3, 0.4) is 0 Å². The van der Waals surface area contributed by atoms with Crippen molar-refractivity contribution in [2.75, 3.05) is 10.6 Å². The van der Waals surface area contributed by atoms with Gasteiger partial charge in [0.05, 0.1) is 0 Å². The molecule has 2 amide bonds. The number of hydrogen-bond acceptors (Lipinski definition) is 2. The lowest BCUT2D eigenvalue weighted by Gasteiger charge is -2.08. The second-order valence-electron chi connectivity index (χ2n) is 7.34. The normalized spacial score (nSPS) is 10.8. The van der Waals surface area contributed by atoms with E-state index in [1.165, 1.54) is 19.1 Å². The monoisotopic (exact) mass is 415 g/mol. The highest BCUT2D eigenvalue weighted by atomic mass is 19.1. The molecule has 5 nitrogen and oxygen atoms in total. The lowest BCUT2D eigenvalue weighted by molar-refractivity contribution is -0.116. The average molecular weight is 415 g/mol. The topological polar surface area (TPSA) is 74.0 Å². The van der Waals surface area contributed by atoms with Crippen LogP contribution >= 0.6 is 0 Å². The maximum absolute atomic E-state index is 13.4. The first kappa shape index (κ1) is 20.3. The van der Waals surface area contributed by atoms with Crippen molar-refractivity contribution in [1.29, 1.82) is 0 Å². The van der Waals surface area contributed by atoms with Crippen molar-refractivity contribution in [2.45, 2.75) is 19.8 Å². The third-order valence-electron chi connectivity index (χ3n) is 5.04. The first-order valence-corrected chi connectivity index (χ1v) is 10.0. The molecule has 4 aromatic rings. The molecular formula is C25H22FN3O2. The minimum atomic E-state index is -0.287. The summed E-state index contributed by atoms with van der Waals surface area (Å²) in [4.78, 5) is 27.1. The van der Waals surface area contributed by atoms with Gasteiger partial charge in [-0.05, 0) is 72.1 Å². The van der Waals surface area contributed by atoms with E-state index in [4.69, 9.17) is 0 Å². The van der Waals surface area contributed by atoms with Gasteiger partial charge in [-0.15, -0.1) is 0 Å². The van der Waals surface area contributed by atoms with E-state index in [1.807, 2.05) is 24.3 Å². The third-order valence-corrected chi connectivity index (χ3v) is 5.04. The zero-order chi connectivity index (χ0) is 21.8. The second-order valence-corrected chi connectivity index (χ2v) is 7.34. The summed E-state index contributed by atoms with van der Waals surface area (Å²) in [7, 11) is 0. The minimum Gasteiger partial charge on any atom is -0.354 e. The predicted molar refractivity (Wildman–Crippen MR) is 121 cm³/mol. The van der Waals surface area contributed by atoms with Crippen molar-refractivity contribution >= 4 is 34.1 Å². The van der Waals surface area contributed by atoms with Crippen LogP contribution in [-0.4, -0.2) is 16.8 Å². The van der Waals surface area contributed by atoms with E-state index in [0.717, 1.165) is 27.7 Å². The summed E-state index contributed by atoms with van der Waals surface area (Å²) in [5.74, 6) is -0.541. The van der Waals surface area contributed by atoms with E-state index in [1.54, 1.807) is 36.4 Å². The van der Waals surface area contributed by atoms with Crippen LogP contribution in [0.1, 0.15) is 18.9 Å². The summed E-state index contributed by atoms with van der Waals surface area (Å²) in [6.45, 7) is 1.45. The van der Waals surface area contributed by atoms with E-state index in [-0.39, 0.29) is 17.6 Å². The first-order valence-electron chi connectivity index (χ1n) is 10.0. The number of halogens is 1. The van der Waals surface area contributed by atoms with E-state index < -0.39 is 0 Å². The summed E-state index contributed by atoms with van der Waals surface area (Å²) in [6, 6.07) is 21.2. The minimum absolute atomic E-state index is 0.109. The number of anilines is 2. The Morgan fingerprint density at radius 3 is 2.19 bits per heavy atom. The van der Waals surface area contributed by atoms with Crippen LogP contribution in [0.2, 0.25) is 0 Å². The quantitative estimate of drug-likeness (QED) is 0.389. The van der Waals surface area contributed by atoms with Crippen LogP contribution in [-0.2, 0) is 16.0 Å². The van der Waals surface area contributed by atoms with Crippen LogP contribution < -0.4 is 10.6 Å². The van der Waals surface area contributed by atoms with Gasteiger partial charge in [-0.3, -0.25) is 9.59 Å². The summed E-state index contributed by atoms with van der Waals surface area (Å²) in [6.07, 6.45) is 0.829. The van der Waals surface area contributed by atoms with Gasteiger partial charge in [0.15, 0.2) is 0 Å². The average Bonchev–Trinajstić information content (AvgIpc) is 3.12. The zero-order valence-electron chi connectivity index (χ0n) is 17.0. The number of carbonyl (C=O) groups excluding carboxylic acids is 2. The van der Waals surface area contributed by atoms with E-state index in [2.05, 4.69) is 15.6 Å². The van der Waals surface area contributed by atoms with Gasteiger partial charge in [0.2, 0.25) is 11.8 Å². The Kier molecular flexibility index (Phi) is 5.80. The number of H-pyrrole nitrogens is 1. The van der Waals surface area contributed by atoms with Crippen molar-refractivity contribution < 1.29 is 14.0 Å². The highest BCUT2D eigenvalue weighted by Crippen LogP contribution is 2.31. The number of rotatable bonds is 6. The Labute approximate surface area is 179 Å². The van der Waals surface area contributed by atoms with E-state index in [0.29, 0.717) is 24.2 Å². The molecule has 0 aliphatic rings. The number of nitrogens with one attached hydrogen (secondary N) is 3. The molecule has 0 fully saturated rings. The van der Waals surface area contributed by atoms with Crippen LogP contribution in [0.5, 0.6) is 0 Å². The Hall–Kier alpha value is -3.93. The molecule has 156 valence electrons. The molecule has 31 heavy (non-hydrogen) atoms. The largest absolute Gasteiger partial charge is 0.354 e. The highest BCUT2D eigenvalue weighted by molar-refractivity contribution is 5.94. The van der Waals surface area contributed by atoms with Crippen molar-refractivity contribution in [2.24, 2.45) is 0 Å². The number of fused-ring (bicyclic) bond motifs is 1. The maximum atomic E-state index is 13.4. The molecule has 0 unspecified atom stereocenters. The molecule has 0 spiro atoms.